The highest BCUT2D eigenvalue weighted by atomic mass is 16.5. The Morgan fingerprint density at radius 3 is 2.20 bits per heavy atom. The Kier molecular flexibility index (Phi) is 5.15. The molecule has 4 rings (SSSR count). The van der Waals surface area contributed by atoms with Crippen molar-refractivity contribution in [2.75, 3.05) is 32.7 Å². The van der Waals surface area contributed by atoms with Crippen LogP contribution in [0.5, 0.6) is 0 Å². The van der Waals surface area contributed by atoms with Crippen LogP contribution in [0.2, 0.25) is 0 Å². The lowest BCUT2D eigenvalue weighted by Crippen LogP contribution is -2.52. The molecule has 2 aliphatic heterocycles. The van der Waals surface area contributed by atoms with E-state index in [0.29, 0.717) is 43.2 Å². The average Bonchev–Trinajstić information content (AvgIpc) is 3.20. The molecule has 1 aromatic carbocycles. The van der Waals surface area contributed by atoms with Crippen LogP contribution in [0, 0.1) is 13.8 Å². The van der Waals surface area contributed by atoms with E-state index in [9.17, 15) is 14.4 Å². The summed E-state index contributed by atoms with van der Waals surface area (Å²) in [7, 11) is 0. The topological polar surface area (TPSA) is 87.0 Å². The van der Waals surface area contributed by atoms with Gasteiger partial charge in [-0.25, -0.2) is 0 Å². The zero-order valence-electron chi connectivity index (χ0n) is 17.2. The molecule has 0 unspecified atom stereocenters. The van der Waals surface area contributed by atoms with Crippen LogP contribution < -0.4 is 0 Å². The van der Waals surface area contributed by atoms with Gasteiger partial charge in [0.05, 0.1) is 12.1 Å². The summed E-state index contributed by atoms with van der Waals surface area (Å²) in [5.74, 6) is 0.313. The number of aryl methyl sites for hydroxylation is 2. The van der Waals surface area contributed by atoms with E-state index in [2.05, 4.69) is 11.7 Å². The highest BCUT2D eigenvalue weighted by Gasteiger charge is 2.34. The molecule has 156 valence electrons. The molecule has 0 atom stereocenters. The predicted molar refractivity (Wildman–Crippen MR) is 109 cm³/mol. The van der Waals surface area contributed by atoms with Crippen molar-refractivity contribution in [3.05, 3.63) is 59.0 Å². The fourth-order valence-electron chi connectivity index (χ4n) is 3.96. The maximum Gasteiger partial charge on any atom is 0.259 e. The first-order valence-electron chi connectivity index (χ1n) is 9.94. The summed E-state index contributed by atoms with van der Waals surface area (Å²) in [6.07, 6.45) is 0.246. The molecule has 0 radical (unpaired) electrons. The molecule has 0 N–H and O–H groups in total. The summed E-state index contributed by atoms with van der Waals surface area (Å²) in [5.41, 5.74) is 3.45. The third kappa shape index (κ3) is 3.49. The SMILES string of the molecule is C=C1c2ccccc2C(=O)N1CC(=O)N1CCN(C(=O)Cc2c(C)noc2C)CC1. The molecule has 8 heteroatoms. The van der Waals surface area contributed by atoms with Crippen molar-refractivity contribution in [3.8, 4) is 0 Å². The highest BCUT2D eigenvalue weighted by molar-refractivity contribution is 6.10. The highest BCUT2D eigenvalue weighted by Crippen LogP contribution is 2.31. The number of hydrogen-bond donors (Lipinski definition) is 0. The molecule has 0 bridgehead atoms. The van der Waals surface area contributed by atoms with Crippen LogP contribution in [-0.4, -0.2) is 70.3 Å². The van der Waals surface area contributed by atoms with Crippen molar-refractivity contribution < 1.29 is 18.9 Å². The lowest BCUT2D eigenvalue weighted by molar-refractivity contribution is -0.139. The van der Waals surface area contributed by atoms with Crippen LogP contribution in [0.3, 0.4) is 0 Å². The van der Waals surface area contributed by atoms with Crippen molar-refractivity contribution in [1.82, 2.24) is 19.9 Å². The van der Waals surface area contributed by atoms with Gasteiger partial charge < -0.3 is 14.3 Å². The molecule has 30 heavy (non-hydrogen) atoms. The van der Waals surface area contributed by atoms with Gasteiger partial charge in [0.25, 0.3) is 5.91 Å². The first-order chi connectivity index (χ1) is 14.4. The molecular weight excluding hydrogens is 384 g/mol. The Labute approximate surface area is 174 Å². The van der Waals surface area contributed by atoms with Gasteiger partial charge in [0.15, 0.2) is 0 Å². The summed E-state index contributed by atoms with van der Waals surface area (Å²) >= 11 is 0. The third-order valence-corrected chi connectivity index (χ3v) is 5.83. The number of amides is 3. The molecular formula is C22H24N4O4. The zero-order chi connectivity index (χ0) is 21.4. The minimum absolute atomic E-state index is 0.00459. The van der Waals surface area contributed by atoms with Crippen LogP contribution >= 0.6 is 0 Å². The monoisotopic (exact) mass is 408 g/mol. The van der Waals surface area contributed by atoms with Crippen molar-refractivity contribution >= 4 is 23.4 Å². The first-order valence-corrected chi connectivity index (χ1v) is 9.94. The van der Waals surface area contributed by atoms with Crippen molar-refractivity contribution in [3.63, 3.8) is 0 Å². The average molecular weight is 408 g/mol. The molecule has 3 heterocycles. The Morgan fingerprint density at radius 2 is 1.63 bits per heavy atom. The summed E-state index contributed by atoms with van der Waals surface area (Å²) in [6, 6.07) is 7.23. The fraction of sp³-hybridized carbons (Fsp3) is 0.364. The number of aromatic nitrogens is 1. The molecule has 1 fully saturated rings. The molecule has 2 aliphatic rings. The van der Waals surface area contributed by atoms with Gasteiger partial charge in [-0.3, -0.25) is 19.3 Å². The van der Waals surface area contributed by atoms with Crippen LogP contribution in [0.15, 0.2) is 35.4 Å². The molecule has 1 saturated heterocycles. The van der Waals surface area contributed by atoms with E-state index >= 15 is 0 Å². The molecule has 1 aromatic heterocycles. The third-order valence-electron chi connectivity index (χ3n) is 5.83. The van der Waals surface area contributed by atoms with Gasteiger partial charge in [-0.05, 0) is 19.9 Å². The van der Waals surface area contributed by atoms with Gasteiger partial charge in [0.1, 0.15) is 12.3 Å². The Bertz CT molecular complexity index is 979. The van der Waals surface area contributed by atoms with Crippen molar-refractivity contribution in [1.29, 1.82) is 0 Å². The second-order valence-electron chi connectivity index (χ2n) is 7.62. The minimum Gasteiger partial charge on any atom is -0.361 e. The Morgan fingerprint density at radius 1 is 1.03 bits per heavy atom. The van der Waals surface area contributed by atoms with E-state index < -0.39 is 0 Å². The normalized spacial score (nSPS) is 16.3. The van der Waals surface area contributed by atoms with E-state index in [1.807, 2.05) is 19.1 Å². The van der Waals surface area contributed by atoms with Gasteiger partial charge in [0, 0.05) is 48.6 Å². The van der Waals surface area contributed by atoms with E-state index in [1.54, 1.807) is 28.9 Å². The number of rotatable bonds is 4. The van der Waals surface area contributed by atoms with Crippen LogP contribution in [0.25, 0.3) is 5.70 Å². The number of piperazine rings is 1. The van der Waals surface area contributed by atoms with Crippen LogP contribution in [-0.2, 0) is 16.0 Å². The van der Waals surface area contributed by atoms with Crippen LogP contribution in [0.1, 0.15) is 32.9 Å². The molecule has 2 aromatic rings. The smallest absolute Gasteiger partial charge is 0.259 e. The molecule has 8 nitrogen and oxygen atoms in total. The number of fused-ring (bicyclic) bond motifs is 1. The first kappa shape index (κ1) is 19.9. The van der Waals surface area contributed by atoms with E-state index in [-0.39, 0.29) is 30.7 Å². The number of benzene rings is 1. The number of carbonyl (C=O) groups is 3. The lowest BCUT2D eigenvalue weighted by atomic mass is 10.1. The molecule has 3 amide bonds. The standard InChI is InChI=1S/C22H24N4O4/c1-14-19(16(3)30-23-14)12-20(27)24-8-10-25(11-9-24)21(28)13-26-15(2)17-6-4-5-7-18(17)22(26)29/h4-7H,2,8-13H2,1,3H3. The Balaban J connectivity index is 1.32. The summed E-state index contributed by atoms with van der Waals surface area (Å²) in [4.78, 5) is 42.9. The van der Waals surface area contributed by atoms with Gasteiger partial charge >= 0.3 is 0 Å². The molecule has 0 spiro atoms. The zero-order valence-corrected chi connectivity index (χ0v) is 17.2. The predicted octanol–water partition coefficient (Wildman–Crippen LogP) is 1.63. The lowest BCUT2D eigenvalue weighted by Gasteiger charge is -2.35. The minimum atomic E-state index is -0.197. The van der Waals surface area contributed by atoms with Gasteiger partial charge in [-0.1, -0.05) is 29.9 Å². The maximum atomic E-state index is 12.8. The fourth-order valence-corrected chi connectivity index (χ4v) is 3.96. The maximum absolute atomic E-state index is 12.8. The van der Waals surface area contributed by atoms with Crippen molar-refractivity contribution in [2.45, 2.75) is 20.3 Å². The van der Waals surface area contributed by atoms with E-state index in [4.69, 9.17) is 4.52 Å². The molecule has 0 aliphatic carbocycles. The second-order valence-corrected chi connectivity index (χ2v) is 7.62. The van der Waals surface area contributed by atoms with Gasteiger partial charge in [0.2, 0.25) is 11.8 Å². The quantitative estimate of drug-likeness (QED) is 0.768. The number of hydrogen-bond acceptors (Lipinski definition) is 5. The molecule has 0 saturated carbocycles. The van der Waals surface area contributed by atoms with E-state index in [0.717, 1.165) is 16.8 Å². The number of carbonyl (C=O) groups excluding carboxylic acids is 3. The second kappa shape index (κ2) is 7.78. The van der Waals surface area contributed by atoms with Gasteiger partial charge in [-0.2, -0.15) is 0 Å². The summed E-state index contributed by atoms with van der Waals surface area (Å²) in [5, 5.41) is 3.89. The van der Waals surface area contributed by atoms with Crippen LogP contribution in [0.4, 0.5) is 0 Å². The van der Waals surface area contributed by atoms with Crippen molar-refractivity contribution in [2.24, 2.45) is 0 Å². The summed E-state index contributed by atoms with van der Waals surface area (Å²) < 4.78 is 5.12. The van der Waals surface area contributed by atoms with E-state index in [1.165, 1.54) is 4.90 Å². The van der Waals surface area contributed by atoms with Gasteiger partial charge in [-0.15, -0.1) is 0 Å². The largest absolute Gasteiger partial charge is 0.361 e. The number of nitrogens with zero attached hydrogens (tertiary/aromatic N) is 4. The Hall–Kier alpha value is -3.42. The summed E-state index contributed by atoms with van der Waals surface area (Å²) in [6.45, 7) is 9.35.